The largest absolute Gasteiger partial charge is 0.364 e. The molecule has 58 valence electrons. The summed E-state index contributed by atoms with van der Waals surface area (Å²) in [5.41, 5.74) is 0. The summed E-state index contributed by atoms with van der Waals surface area (Å²) in [6, 6.07) is 0.259. The third-order valence-electron chi connectivity index (χ3n) is 2.06. The molecule has 2 heterocycles. The zero-order valence-corrected chi connectivity index (χ0v) is 5.91. The van der Waals surface area contributed by atoms with E-state index in [0.29, 0.717) is 19.9 Å². The second kappa shape index (κ2) is 1.92. The normalized spacial score (nSPS) is 48.0. The van der Waals surface area contributed by atoms with E-state index in [1.165, 1.54) is 0 Å². The Kier molecular flexibility index (Phi) is 1.25. The molecule has 2 aliphatic rings. The van der Waals surface area contributed by atoms with Gasteiger partial charge in [0.05, 0.1) is 19.3 Å². The Labute approximate surface area is 59.3 Å². The first kappa shape index (κ1) is 6.54. The summed E-state index contributed by atoms with van der Waals surface area (Å²) in [4.78, 5) is 1.81. The van der Waals surface area contributed by atoms with Crippen molar-refractivity contribution in [2.45, 2.75) is 18.9 Å². The van der Waals surface area contributed by atoms with Crippen molar-refractivity contribution in [2.75, 3.05) is 19.9 Å². The molecule has 0 saturated carbocycles. The van der Waals surface area contributed by atoms with Crippen LogP contribution in [-0.4, -0.2) is 41.9 Å². The molecular formula is C6H11NO3. The number of hydrogen-bond donors (Lipinski definition) is 1. The molecule has 2 aliphatic heterocycles. The predicted octanol–water partition coefficient (Wildman–Crippen LogP) is -0.659. The van der Waals surface area contributed by atoms with Gasteiger partial charge in [0.1, 0.15) is 6.73 Å². The van der Waals surface area contributed by atoms with Crippen molar-refractivity contribution in [2.24, 2.45) is 0 Å². The third-order valence-corrected chi connectivity index (χ3v) is 2.06. The minimum atomic E-state index is -1.10. The fraction of sp³-hybridized carbons (Fsp3) is 1.00. The Balaban J connectivity index is 2.16. The van der Waals surface area contributed by atoms with Crippen LogP contribution in [-0.2, 0) is 9.47 Å². The monoisotopic (exact) mass is 145 g/mol. The molecular weight excluding hydrogens is 134 g/mol. The SMILES string of the molecule is CC1(O)OCC2COCN21. The molecule has 0 aromatic rings. The Morgan fingerprint density at radius 2 is 2.40 bits per heavy atom. The molecule has 10 heavy (non-hydrogen) atoms. The average Bonchev–Trinajstić information content (AvgIpc) is 2.36. The van der Waals surface area contributed by atoms with Crippen LogP contribution in [0, 0.1) is 0 Å². The number of fused-ring (bicyclic) bond motifs is 1. The Morgan fingerprint density at radius 3 is 3.10 bits per heavy atom. The van der Waals surface area contributed by atoms with Gasteiger partial charge in [-0.15, -0.1) is 0 Å². The highest BCUT2D eigenvalue weighted by atomic mass is 16.7. The summed E-state index contributed by atoms with van der Waals surface area (Å²) in [5.74, 6) is -1.10. The second-order valence-corrected chi connectivity index (χ2v) is 2.87. The molecule has 2 atom stereocenters. The lowest BCUT2D eigenvalue weighted by Gasteiger charge is -2.25. The van der Waals surface area contributed by atoms with Crippen LogP contribution < -0.4 is 0 Å². The number of aliphatic hydroxyl groups is 1. The van der Waals surface area contributed by atoms with E-state index in [0.717, 1.165) is 0 Å². The van der Waals surface area contributed by atoms with Gasteiger partial charge in [-0.3, -0.25) is 0 Å². The van der Waals surface area contributed by atoms with Crippen molar-refractivity contribution in [1.29, 1.82) is 0 Å². The van der Waals surface area contributed by atoms with Crippen molar-refractivity contribution >= 4 is 0 Å². The van der Waals surface area contributed by atoms with Gasteiger partial charge in [-0.1, -0.05) is 0 Å². The maximum atomic E-state index is 9.49. The highest BCUT2D eigenvalue weighted by molar-refractivity contribution is 4.84. The van der Waals surface area contributed by atoms with Crippen LogP contribution in [0.1, 0.15) is 6.92 Å². The quantitative estimate of drug-likeness (QED) is 0.491. The molecule has 0 aromatic carbocycles. The van der Waals surface area contributed by atoms with Crippen LogP contribution in [0.25, 0.3) is 0 Å². The number of ether oxygens (including phenoxy) is 2. The minimum Gasteiger partial charge on any atom is -0.364 e. The Hall–Kier alpha value is -0.160. The van der Waals surface area contributed by atoms with Gasteiger partial charge in [-0.05, 0) is 0 Å². The number of rotatable bonds is 0. The van der Waals surface area contributed by atoms with E-state index in [9.17, 15) is 5.11 Å². The molecule has 4 nitrogen and oxygen atoms in total. The van der Waals surface area contributed by atoms with Gasteiger partial charge in [0.15, 0.2) is 0 Å². The first-order chi connectivity index (χ1) is 4.70. The fourth-order valence-corrected chi connectivity index (χ4v) is 1.42. The van der Waals surface area contributed by atoms with E-state index >= 15 is 0 Å². The number of hydrogen-bond acceptors (Lipinski definition) is 4. The Bertz CT molecular complexity index is 148. The standard InChI is InChI=1S/C6H11NO3/c1-6(8)7-4-9-2-5(7)3-10-6/h5,8H,2-4H2,1H3. The average molecular weight is 145 g/mol. The van der Waals surface area contributed by atoms with Gasteiger partial charge in [-0.25, -0.2) is 4.90 Å². The van der Waals surface area contributed by atoms with E-state index < -0.39 is 5.91 Å². The predicted molar refractivity (Wildman–Crippen MR) is 33.0 cm³/mol. The molecule has 2 fully saturated rings. The summed E-state index contributed by atoms with van der Waals surface area (Å²) >= 11 is 0. The second-order valence-electron chi connectivity index (χ2n) is 2.87. The lowest BCUT2D eigenvalue weighted by atomic mass is 10.3. The molecule has 4 heteroatoms. The molecule has 0 radical (unpaired) electrons. The molecule has 2 saturated heterocycles. The van der Waals surface area contributed by atoms with Gasteiger partial charge in [-0.2, -0.15) is 0 Å². The van der Waals surface area contributed by atoms with Crippen LogP contribution >= 0.6 is 0 Å². The zero-order chi connectivity index (χ0) is 7.19. The van der Waals surface area contributed by atoms with E-state index in [1.54, 1.807) is 6.92 Å². The van der Waals surface area contributed by atoms with Crippen LogP contribution in [0.5, 0.6) is 0 Å². The molecule has 2 rings (SSSR count). The first-order valence-corrected chi connectivity index (χ1v) is 3.41. The highest BCUT2D eigenvalue weighted by Gasteiger charge is 2.45. The van der Waals surface area contributed by atoms with E-state index in [2.05, 4.69) is 0 Å². The lowest BCUT2D eigenvalue weighted by Crippen LogP contribution is -2.43. The van der Waals surface area contributed by atoms with Gasteiger partial charge in [0.2, 0.25) is 5.91 Å². The van der Waals surface area contributed by atoms with E-state index in [1.807, 2.05) is 4.90 Å². The Morgan fingerprint density at radius 1 is 1.60 bits per heavy atom. The van der Waals surface area contributed by atoms with Gasteiger partial charge < -0.3 is 14.6 Å². The van der Waals surface area contributed by atoms with E-state index in [-0.39, 0.29) is 6.04 Å². The molecule has 0 aromatic heterocycles. The maximum absolute atomic E-state index is 9.49. The van der Waals surface area contributed by atoms with Crippen LogP contribution in [0.3, 0.4) is 0 Å². The summed E-state index contributed by atoms with van der Waals surface area (Å²) in [6.07, 6.45) is 0. The van der Waals surface area contributed by atoms with Crippen molar-refractivity contribution in [3.8, 4) is 0 Å². The molecule has 0 spiro atoms. The third kappa shape index (κ3) is 0.769. The van der Waals surface area contributed by atoms with Crippen LogP contribution in [0.4, 0.5) is 0 Å². The summed E-state index contributed by atoms with van der Waals surface area (Å²) in [6.45, 7) is 3.38. The topological polar surface area (TPSA) is 41.9 Å². The first-order valence-electron chi connectivity index (χ1n) is 3.41. The van der Waals surface area contributed by atoms with Gasteiger partial charge in [0.25, 0.3) is 0 Å². The molecule has 2 unspecified atom stereocenters. The van der Waals surface area contributed by atoms with Crippen molar-refractivity contribution < 1.29 is 14.6 Å². The van der Waals surface area contributed by atoms with Gasteiger partial charge in [0, 0.05) is 6.92 Å². The molecule has 0 bridgehead atoms. The summed E-state index contributed by atoms with van der Waals surface area (Å²) in [7, 11) is 0. The molecule has 1 N–H and O–H groups in total. The van der Waals surface area contributed by atoms with Crippen molar-refractivity contribution in [3.05, 3.63) is 0 Å². The van der Waals surface area contributed by atoms with Crippen LogP contribution in [0.2, 0.25) is 0 Å². The zero-order valence-electron chi connectivity index (χ0n) is 5.91. The maximum Gasteiger partial charge on any atom is 0.226 e. The van der Waals surface area contributed by atoms with Crippen LogP contribution in [0.15, 0.2) is 0 Å². The highest BCUT2D eigenvalue weighted by Crippen LogP contribution is 2.28. The fourth-order valence-electron chi connectivity index (χ4n) is 1.42. The lowest BCUT2D eigenvalue weighted by molar-refractivity contribution is -0.239. The minimum absolute atomic E-state index is 0.259. The van der Waals surface area contributed by atoms with Gasteiger partial charge >= 0.3 is 0 Å². The smallest absolute Gasteiger partial charge is 0.226 e. The summed E-state index contributed by atoms with van der Waals surface area (Å²) < 4.78 is 10.2. The summed E-state index contributed by atoms with van der Waals surface area (Å²) in [5, 5.41) is 9.49. The number of nitrogens with zero attached hydrogens (tertiary/aromatic N) is 1. The molecule has 0 aliphatic carbocycles. The van der Waals surface area contributed by atoms with E-state index in [4.69, 9.17) is 9.47 Å². The molecule has 0 amide bonds. The van der Waals surface area contributed by atoms with Crippen molar-refractivity contribution in [3.63, 3.8) is 0 Å². The van der Waals surface area contributed by atoms with Crippen molar-refractivity contribution in [1.82, 2.24) is 4.90 Å².